The van der Waals surface area contributed by atoms with E-state index in [1.54, 1.807) is 0 Å². The molecule has 0 fully saturated rings. The molecule has 13 heavy (non-hydrogen) atoms. The zero-order valence-electron chi connectivity index (χ0n) is 7.19. The molecule has 0 aliphatic rings. The molecule has 0 amide bonds. The molecule has 0 saturated heterocycles. The van der Waals surface area contributed by atoms with Crippen molar-refractivity contribution in [1.29, 1.82) is 0 Å². The first-order valence-electron chi connectivity index (χ1n) is 3.90. The van der Waals surface area contributed by atoms with Gasteiger partial charge in [0.25, 0.3) is 0 Å². The maximum Gasteiger partial charge on any atom is 0.247 e. The lowest BCUT2D eigenvalue weighted by Crippen LogP contribution is -1.88. The van der Waals surface area contributed by atoms with Gasteiger partial charge >= 0.3 is 0 Å². The van der Waals surface area contributed by atoms with E-state index in [-0.39, 0.29) is 0 Å². The molecule has 2 aromatic rings. The topological polar surface area (TPSA) is 64.9 Å². The third-order valence-electron chi connectivity index (χ3n) is 1.85. The van der Waals surface area contributed by atoms with Gasteiger partial charge < -0.3 is 10.2 Å². The minimum Gasteiger partial charge on any atom is -0.423 e. The van der Waals surface area contributed by atoms with E-state index in [1.807, 2.05) is 25.1 Å². The molecular formula is C9H9N3O. The Morgan fingerprint density at radius 3 is 2.92 bits per heavy atom. The van der Waals surface area contributed by atoms with E-state index >= 15 is 0 Å². The van der Waals surface area contributed by atoms with Gasteiger partial charge in [-0.05, 0) is 24.6 Å². The second-order valence-electron chi connectivity index (χ2n) is 2.82. The van der Waals surface area contributed by atoms with Crippen molar-refractivity contribution in [2.75, 3.05) is 5.73 Å². The summed E-state index contributed by atoms with van der Waals surface area (Å²) in [7, 11) is 0. The normalized spacial score (nSPS) is 10.2. The first-order valence-corrected chi connectivity index (χ1v) is 3.90. The summed E-state index contributed by atoms with van der Waals surface area (Å²) in [6.07, 6.45) is 1.30. The molecule has 0 atom stereocenters. The molecule has 1 aromatic carbocycles. The van der Waals surface area contributed by atoms with Gasteiger partial charge in [-0.3, -0.25) is 0 Å². The van der Waals surface area contributed by atoms with Gasteiger partial charge in [-0.1, -0.05) is 6.07 Å². The first-order chi connectivity index (χ1) is 6.27. The van der Waals surface area contributed by atoms with Crippen molar-refractivity contribution >= 4 is 5.69 Å². The van der Waals surface area contributed by atoms with Crippen LogP contribution in [0.4, 0.5) is 5.69 Å². The third kappa shape index (κ3) is 1.38. The highest BCUT2D eigenvalue weighted by Gasteiger charge is 2.06. The first kappa shape index (κ1) is 7.79. The van der Waals surface area contributed by atoms with Crippen molar-refractivity contribution < 1.29 is 4.42 Å². The van der Waals surface area contributed by atoms with Crippen LogP contribution in [0.2, 0.25) is 0 Å². The standard InChI is InChI=1S/C9H9N3O/c1-6-2-3-7(10)4-8(6)9-12-11-5-13-9/h2-5H,10H2,1H3. The number of aromatic nitrogens is 2. The van der Waals surface area contributed by atoms with Gasteiger partial charge in [0.15, 0.2) is 0 Å². The Kier molecular flexibility index (Phi) is 1.73. The summed E-state index contributed by atoms with van der Waals surface area (Å²) >= 11 is 0. The minimum absolute atomic E-state index is 0.504. The molecule has 0 aliphatic heterocycles. The molecule has 0 bridgehead atoms. The van der Waals surface area contributed by atoms with Gasteiger partial charge in [-0.2, -0.15) is 0 Å². The van der Waals surface area contributed by atoms with Gasteiger partial charge in [0.1, 0.15) is 0 Å². The Morgan fingerprint density at radius 2 is 2.23 bits per heavy atom. The predicted molar refractivity (Wildman–Crippen MR) is 48.9 cm³/mol. The Bertz CT molecular complexity index is 409. The van der Waals surface area contributed by atoms with Crippen LogP contribution < -0.4 is 5.73 Å². The fraction of sp³-hybridized carbons (Fsp3) is 0.111. The molecular weight excluding hydrogens is 166 g/mol. The molecule has 0 aliphatic carbocycles. The molecule has 0 spiro atoms. The number of nitrogens with zero attached hydrogens (tertiary/aromatic N) is 2. The summed E-state index contributed by atoms with van der Waals surface area (Å²) in [5.74, 6) is 0.504. The molecule has 4 nitrogen and oxygen atoms in total. The Hall–Kier alpha value is -1.84. The lowest BCUT2D eigenvalue weighted by Gasteiger charge is -2.01. The molecule has 66 valence electrons. The van der Waals surface area contributed by atoms with Gasteiger partial charge in [0.05, 0.1) is 0 Å². The summed E-state index contributed by atoms with van der Waals surface area (Å²) in [4.78, 5) is 0. The van der Waals surface area contributed by atoms with Gasteiger partial charge in [-0.15, -0.1) is 10.2 Å². The van der Waals surface area contributed by atoms with E-state index in [0.717, 1.165) is 11.1 Å². The van der Waals surface area contributed by atoms with Crippen molar-refractivity contribution in [3.8, 4) is 11.5 Å². The third-order valence-corrected chi connectivity index (χ3v) is 1.85. The summed E-state index contributed by atoms with van der Waals surface area (Å²) < 4.78 is 5.08. The number of nitrogens with two attached hydrogens (primary N) is 1. The highest BCUT2D eigenvalue weighted by molar-refractivity contribution is 5.63. The predicted octanol–water partition coefficient (Wildman–Crippen LogP) is 1.63. The summed E-state index contributed by atoms with van der Waals surface area (Å²) in [5.41, 5.74) is 8.29. The van der Waals surface area contributed by atoms with E-state index in [4.69, 9.17) is 10.2 Å². The average molecular weight is 175 g/mol. The van der Waals surface area contributed by atoms with Gasteiger partial charge in [0, 0.05) is 11.3 Å². The van der Waals surface area contributed by atoms with Crippen LogP contribution in [0, 0.1) is 6.92 Å². The van der Waals surface area contributed by atoms with E-state index in [0.29, 0.717) is 11.6 Å². The minimum atomic E-state index is 0.504. The summed E-state index contributed by atoms with van der Waals surface area (Å²) in [6, 6.07) is 5.59. The largest absolute Gasteiger partial charge is 0.423 e. The Balaban J connectivity index is 2.57. The quantitative estimate of drug-likeness (QED) is 0.669. The maximum atomic E-state index is 5.64. The van der Waals surface area contributed by atoms with Crippen LogP contribution in [-0.2, 0) is 0 Å². The second kappa shape index (κ2) is 2.90. The van der Waals surface area contributed by atoms with Gasteiger partial charge in [0.2, 0.25) is 12.3 Å². The van der Waals surface area contributed by atoms with E-state index in [9.17, 15) is 0 Å². The lowest BCUT2D eigenvalue weighted by molar-refractivity contribution is 0.568. The van der Waals surface area contributed by atoms with Crippen LogP contribution in [0.25, 0.3) is 11.5 Å². The van der Waals surface area contributed by atoms with Crippen molar-refractivity contribution in [2.45, 2.75) is 6.92 Å². The van der Waals surface area contributed by atoms with Crippen LogP contribution >= 0.6 is 0 Å². The van der Waals surface area contributed by atoms with Crippen LogP contribution in [0.5, 0.6) is 0 Å². The highest BCUT2D eigenvalue weighted by Crippen LogP contribution is 2.22. The van der Waals surface area contributed by atoms with Crippen LogP contribution in [-0.4, -0.2) is 10.2 Å². The summed E-state index contributed by atoms with van der Waals surface area (Å²) in [5, 5.41) is 7.43. The molecule has 0 saturated carbocycles. The number of anilines is 1. The molecule has 0 radical (unpaired) electrons. The fourth-order valence-electron chi connectivity index (χ4n) is 1.16. The van der Waals surface area contributed by atoms with E-state index in [1.165, 1.54) is 6.39 Å². The van der Waals surface area contributed by atoms with Crippen molar-refractivity contribution in [1.82, 2.24) is 10.2 Å². The van der Waals surface area contributed by atoms with Crippen molar-refractivity contribution in [3.05, 3.63) is 30.2 Å². The molecule has 2 N–H and O–H groups in total. The summed E-state index contributed by atoms with van der Waals surface area (Å²) in [6.45, 7) is 1.97. The van der Waals surface area contributed by atoms with Crippen LogP contribution in [0.3, 0.4) is 0 Å². The second-order valence-corrected chi connectivity index (χ2v) is 2.82. The van der Waals surface area contributed by atoms with E-state index in [2.05, 4.69) is 10.2 Å². The zero-order valence-corrected chi connectivity index (χ0v) is 7.19. The number of hydrogen-bond donors (Lipinski definition) is 1. The Labute approximate surface area is 75.4 Å². The SMILES string of the molecule is Cc1ccc(N)cc1-c1nnco1. The monoisotopic (exact) mass is 175 g/mol. The van der Waals surface area contributed by atoms with Crippen molar-refractivity contribution in [2.24, 2.45) is 0 Å². The number of nitrogen functional groups attached to an aromatic ring is 1. The molecule has 1 aromatic heterocycles. The number of aryl methyl sites for hydroxylation is 1. The van der Waals surface area contributed by atoms with E-state index < -0.39 is 0 Å². The fourth-order valence-corrected chi connectivity index (χ4v) is 1.16. The molecule has 1 heterocycles. The molecule has 4 heteroatoms. The van der Waals surface area contributed by atoms with Gasteiger partial charge in [-0.25, -0.2) is 0 Å². The molecule has 2 rings (SSSR count). The lowest BCUT2D eigenvalue weighted by atomic mass is 10.1. The zero-order chi connectivity index (χ0) is 9.26. The van der Waals surface area contributed by atoms with Crippen molar-refractivity contribution in [3.63, 3.8) is 0 Å². The smallest absolute Gasteiger partial charge is 0.247 e. The number of rotatable bonds is 1. The highest BCUT2D eigenvalue weighted by atomic mass is 16.4. The van der Waals surface area contributed by atoms with Crippen LogP contribution in [0.15, 0.2) is 29.0 Å². The van der Waals surface area contributed by atoms with Crippen LogP contribution in [0.1, 0.15) is 5.56 Å². The molecule has 0 unspecified atom stereocenters. The average Bonchev–Trinajstić information content (AvgIpc) is 2.61. The Morgan fingerprint density at radius 1 is 1.38 bits per heavy atom. The number of hydrogen-bond acceptors (Lipinski definition) is 4. The maximum absolute atomic E-state index is 5.64. The number of benzene rings is 1.